The van der Waals surface area contributed by atoms with Gasteiger partial charge in [-0.05, 0) is 0 Å². The van der Waals surface area contributed by atoms with Crippen LogP contribution in [-0.4, -0.2) is 32.4 Å². The Balaban J connectivity index is 4.37. The first kappa shape index (κ1) is 12.0. The van der Waals surface area contributed by atoms with E-state index in [1.807, 2.05) is 0 Å². The average Bonchev–Trinajstić information content (AvgIpc) is 2.15. The summed E-state index contributed by atoms with van der Waals surface area (Å²) in [5.74, 6) is 0. The zero-order valence-electron chi connectivity index (χ0n) is 7.66. The molecule has 8 nitrogen and oxygen atoms in total. The maximum atomic E-state index is 8.10. The van der Waals surface area contributed by atoms with Crippen LogP contribution in [0.15, 0.2) is 15.4 Å². The minimum absolute atomic E-state index is 0.0598. The van der Waals surface area contributed by atoms with Crippen molar-refractivity contribution >= 4 is 18.8 Å². The van der Waals surface area contributed by atoms with Crippen LogP contribution in [0.25, 0.3) is 20.9 Å². The maximum absolute atomic E-state index is 8.10. The number of nitrogens with zero attached hydrogens (tertiary/aromatic N) is 7. The normalized spacial score (nSPS) is 9.57. The quantitative estimate of drug-likeness (QED) is 0.153. The molecule has 0 heterocycles. The summed E-state index contributed by atoms with van der Waals surface area (Å²) in [5, 5.41) is 10.2. The van der Waals surface area contributed by atoms with Gasteiger partial charge in [0, 0.05) is 0 Å². The monoisotopic (exact) mass is 193 g/mol. The van der Waals surface area contributed by atoms with Gasteiger partial charge < -0.3 is 0 Å². The van der Waals surface area contributed by atoms with Crippen LogP contribution in [0.3, 0.4) is 0 Å². The van der Waals surface area contributed by atoms with Crippen LogP contribution in [0.1, 0.15) is 6.42 Å². The van der Waals surface area contributed by atoms with Gasteiger partial charge in [0.25, 0.3) is 0 Å². The molecule has 0 aromatic carbocycles. The summed E-state index contributed by atoms with van der Waals surface area (Å²) < 4.78 is 0. The Kier molecular flexibility index (Phi) is 6.58. The zero-order chi connectivity index (χ0) is 10.8. The van der Waals surface area contributed by atoms with Gasteiger partial charge in [-0.3, -0.25) is 0 Å². The van der Waals surface area contributed by atoms with Crippen LogP contribution in [0, 0.1) is 0 Å². The predicted octanol–water partition coefficient (Wildman–Crippen LogP) is 1.03. The van der Waals surface area contributed by atoms with Crippen molar-refractivity contribution in [1.29, 1.82) is 0 Å². The van der Waals surface area contributed by atoms with Crippen molar-refractivity contribution < 1.29 is 4.84 Å². The summed E-state index contributed by atoms with van der Waals surface area (Å²) >= 11 is 0. The molecule has 0 aromatic rings. The first-order valence-corrected chi connectivity index (χ1v) is 3.57. The molecule has 0 fully saturated rings. The molecule has 0 radical (unpaired) electrons. The van der Waals surface area contributed by atoms with Crippen LogP contribution in [0.2, 0.25) is 0 Å². The first-order valence-electron chi connectivity index (χ1n) is 3.57. The van der Waals surface area contributed by atoms with E-state index < -0.39 is 0 Å². The Morgan fingerprint density at radius 2 is 2.14 bits per heavy atom. The molecule has 14 heavy (non-hydrogen) atoms. The second-order valence-electron chi connectivity index (χ2n) is 2.16. The zero-order valence-corrected chi connectivity index (χ0v) is 7.66. The summed E-state index contributed by atoms with van der Waals surface area (Å²) in [6.07, 6.45) is 0.219. The van der Waals surface area contributed by atoms with E-state index in [2.05, 4.69) is 37.5 Å². The van der Waals surface area contributed by atoms with E-state index >= 15 is 0 Å². The van der Waals surface area contributed by atoms with E-state index in [-0.39, 0.29) is 18.6 Å². The third-order valence-corrected chi connectivity index (χ3v) is 1.13. The van der Waals surface area contributed by atoms with E-state index in [0.717, 1.165) is 0 Å². The Hall–Kier alpha value is -1.98. The van der Waals surface area contributed by atoms with Crippen molar-refractivity contribution in [2.75, 3.05) is 13.7 Å². The first-order chi connectivity index (χ1) is 6.74. The molecule has 0 bridgehead atoms. The van der Waals surface area contributed by atoms with Gasteiger partial charge in [0.2, 0.25) is 0 Å². The minimum atomic E-state index is 0.0598. The molecule has 0 amide bonds. The van der Waals surface area contributed by atoms with Gasteiger partial charge in [-0.1, -0.05) is 0 Å². The number of rotatable bonds is 6. The summed E-state index contributed by atoms with van der Waals surface area (Å²) in [6, 6.07) is 0. The fourth-order valence-corrected chi connectivity index (χ4v) is 0.694. The fraction of sp³-hybridized carbons (Fsp3) is 0.600. The average molecular weight is 193 g/mol. The molecule has 0 aliphatic rings. The van der Waals surface area contributed by atoms with Gasteiger partial charge >= 0.3 is 80.0 Å². The molecule has 0 spiro atoms. The van der Waals surface area contributed by atoms with Gasteiger partial charge in [-0.15, -0.1) is 0 Å². The van der Waals surface area contributed by atoms with Crippen molar-refractivity contribution in [1.82, 2.24) is 0 Å². The molecule has 0 aliphatic heterocycles. The van der Waals surface area contributed by atoms with Crippen LogP contribution in [-0.2, 0) is 4.84 Å². The molecule has 0 N–H and O–H groups in total. The summed E-state index contributed by atoms with van der Waals surface area (Å²) in [7, 11) is 4.85. The molecule has 0 rings (SSSR count). The molecule has 9 heteroatoms. The molecule has 0 saturated carbocycles. The molecular formula is C5H8BN7O. The third-order valence-electron chi connectivity index (χ3n) is 1.13. The van der Waals surface area contributed by atoms with Crippen molar-refractivity contribution in [2.24, 2.45) is 15.4 Å². The van der Waals surface area contributed by atoms with Crippen molar-refractivity contribution in [3.05, 3.63) is 20.9 Å². The van der Waals surface area contributed by atoms with Crippen LogP contribution in [0.5, 0.6) is 0 Å². The topological polar surface area (TPSA) is 119 Å². The van der Waals surface area contributed by atoms with E-state index in [4.69, 9.17) is 11.1 Å². The van der Waals surface area contributed by atoms with Gasteiger partial charge in [-0.2, -0.15) is 0 Å². The molecule has 0 saturated heterocycles. The van der Waals surface area contributed by atoms with Crippen molar-refractivity contribution in [3.63, 3.8) is 0 Å². The summed E-state index contributed by atoms with van der Waals surface area (Å²) in [6.45, 7) is 0.0598. The summed E-state index contributed by atoms with van der Waals surface area (Å²) in [4.78, 5) is 9.63. The standard InChI is InChI=1S/C5H8BN7O/c1-14-11-4(3-9-12-7)2-5(6)10-13-8/h6H,2-3H2,1H3. The van der Waals surface area contributed by atoms with E-state index in [9.17, 15) is 0 Å². The summed E-state index contributed by atoms with van der Waals surface area (Å²) in [5.41, 5.74) is 16.9. The van der Waals surface area contributed by atoms with Gasteiger partial charge in [-0.25, -0.2) is 0 Å². The SMILES string of the molecule is B=C(CC(CN=[N+]=[N-])=NOC)N=[N+]=[N-]. The second-order valence-corrected chi connectivity index (χ2v) is 2.16. The van der Waals surface area contributed by atoms with Gasteiger partial charge in [0.1, 0.15) is 0 Å². The number of oxime groups is 1. The second kappa shape index (κ2) is 7.66. The van der Waals surface area contributed by atoms with Gasteiger partial charge in [0.15, 0.2) is 0 Å². The molecule has 0 unspecified atom stereocenters. The van der Waals surface area contributed by atoms with Gasteiger partial charge in [0.05, 0.1) is 0 Å². The third kappa shape index (κ3) is 5.65. The Bertz CT molecular complexity index is 325. The van der Waals surface area contributed by atoms with Crippen molar-refractivity contribution in [2.45, 2.75) is 6.42 Å². The van der Waals surface area contributed by atoms with Crippen LogP contribution < -0.4 is 0 Å². The molecule has 0 aromatic heterocycles. The Labute approximate surface area is 80.9 Å². The Morgan fingerprint density at radius 1 is 1.43 bits per heavy atom. The van der Waals surface area contributed by atoms with Crippen LogP contribution in [0.4, 0.5) is 0 Å². The van der Waals surface area contributed by atoms with E-state index in [0.29, 0.717) is 5.71 Å². The molecule has 0 aliphatic carbocycles. The molecule has 0 atom stereocenters. The fourth-order valence-electron chi connectivity index (χ4n) is 0.694. The molecule has 72 valence electrons. The number of azide groups is 2. The number of hydrogen-bond acceptors (Lipinski definition) is 4. The predicted molar refractivity (Wildman–Crippen MR) is 54.4 cm³/mol. The Morgan fingerprint density at radius 3 is 2.64 bits per heavy atom. The van der Waals surface area contributed by atoms with E-state index in [1.54, 1.807) is 0 Å². The number of hydrogen-bond donors (Lipinski definition) is 0. The van der Waals surface area contributed by atoms with E-state index in [1.165, 1.54) is 7.11 Å². The van der Waals surface area contributed by atoms with Crippen molar-refractivity contribution in [3.8, 4) is 0 Å². The van der Waals surface area contributed by atoms with Crippen LogP contribution >= 0.6 is 0 Å². The molecular weight excluding hydrogens is 185 g/mol.